The van der Waals surface area contributed by atoms with Crippen molar-refractivity contribution in [2.75, 3.05) is 0 Å². The average Bonchev–Trinajstić information content (AvgIpc) is 2.96. The van der Waals surface area contributed by atoms with E-state index in [1.54, 1.807) is 0 Å². The Morgan fingerprint density at radius 1 is 1.26 bits per heavy atom. The van der Waals surface area contributed by atoms with Gasteiger partial charge in [-0.25, -0.2) is 5.43 Å². The number of amides is 1. The monoisotopic (exact) mass is 253 g/mol. The number of fused-ring (bicyclic) bond motifs is 1. The lowest BCUT2D eigenvalue weighted by molar-refractivity contribution is -0.116. The molecule has 96 valence electrons. The summed E-state index contributed by atoms with van der Waals surface area (Å²) in [5, 5.41) is 5.21. The fourth-order valence-electron chi connectivity index (χ4n) is 2.30. The molecule has 3 rings (SSSR count). The minimum Gasteiger partial charge on any atom is -0.361 e. The molecule has 0 saturated heterocycles. The number of hydrazone groups is 1. The minimum atomic E-state index is -0.131. The van der Waals surface area contributed by atoms with Gasteiger partial charge in [0, 0.05) is 22.7 Å². The van der Waals surface area contributed by atoms with Gasteiger partial charge in [-0.15, -0.1) is 0 Å². The summed E-state index contributed by atoms with van der Waals surface area (Å²) in [5.41, 5.74) is 6.08. The third-order valence-corrected chi connectivity index (χ3v) is 3.27. The Bertz CT molecular complexity index is 707. The average molecular weight is 253 g/mol. The number of carbonyl (C=O) groups excluding carboxylic acids is 1. The number of aromatic amines is 1. The van der Waals surface area contributed by atoms with Crippen molar-refractivity contribution >= 4 is 28.6 Å². The van der Waals surface area contributed by atoms with Gasteiger partial charge in [-0.2, -0.15) is 5.10 Å². The summed E-state index contributed by atoms with van der Waals surface area (Å²) in [6, 6.07) is 8.03. The van der Waals surface area contributed by atoms with E-state index in [0.29, 0.717) is 5.57 Å². The molecule has 2 N–H and O–H groups in total. The van der Waals surface area contributed by atoms with Crippen LogP contribution in [-0.2, 0) is 4.79 Å². The van der Waals surface area contributed by atoms with Gasteiger partial charge in [0.15, 0.2) is 0 Å². The van der Waals surface area contributed by atoms with Crippen LogP contribution in [0, 0.1) is 5.92 Å². The smallest absolute Gasteiger partial charge is 0.273 e. The third kappa shape index (κ3) is 1.95. The van der Waals surface area contributed by atoms with Crippen LogP contribution < -0.4 is 5.43 Å². The van der Waals surface area contributed by atoms with Crippen molar-refractivity contribution in [1.29, 1.82) is 0 Å². The Kier molecular flexibility index (Phi) is 2.71. The molecule has 0 aliphatic carbocycles. The maximum Gasteiger partial charge on any atom is 0.273 e. The lowest BCUT2D eigenvalue weighted by Crippen LogP contribution is -2.15. The molecule has 0 atom stereocenters. The Morgan fingerprint density at radius 2 is 2.05 bits per heavy atom. The molecule has 2 aromatic rings. The van der Waals surface area contributed by atoms with Crippen molar-refractivity contribution in [1.82, 2.24) is 10.4 Å². The predicted octanol–water partition coefficient (Wildman–Crippen LogP) is 2.69. The molecule has 0 saturated carbocycles. The van der Waals surface area contributed by atoms with Gasteiger partial charge in [0.1, 0.15) is 0 Å². The normalized spacial score (nSPS) is 17.3. The molecule has 1 aliphatic rings. The van der Waals surface area contributed by atoms with E-state index in [2.05, 4.69) is 15.5 Å². The molecule has 0 fully saturated rings. The van der Waals surface area contributed by atoms with E-state index < -0.39 is 0 Å². The first-order valence-electron chi connectivity index (χ1n) is 6.33. The highest BCUT2D eigenvalue weighted by Gasteiger charge is 2.24. The Balaban J connectivity index is 2.10. The topological polar surface area (TPSA) is 57.2 Å². The summed E-state index contributed by atoms with van der Waals surface area (Å²) in [6.07, 6.45) is 3.82. The number of aromatic nitrogens is 1. The molecule has 4 heteroatoms. The Morgan fingerprint density at radius 3 is 2.84 bits per heavy atom. The SMILES string of the molecule is CC(C)C1=NNC(=O)/C1=C\c1c[nH]c2ccccc12. The van der Waals surface area contributed by atoms with Crippen molar-refractivity contribution in [2.24, 2.45) is 11.0 Å². The Hall–Kier alpha value is -2.36. The number of hydrogen-bond acceptors (Lipinski definition) is 2. The zero-order valence-corrected chi connectivity index (χ0v) is 10.9. The summed E-state index contributed by atoms with van der Waals surface area (Å²) >= 11 is 0. The van der Waals surface area contributed by atoms with Gasteiger partial charge in [-0.05, 0) is 18.1 Å². The van der Waals surface area contributed by atoms with Crippen LogP contribution in [0.3, 0.4) is 0 Å². The van der Waals surface area contributed by atoms with Crippen LogP contribution in [0.25, 0.3) is 17.0 Å². The second-order valence-corrected chi connectivity index (χ2v) is 4.94. The van der Waals surface area contributed by atoms with Crippen molar-refractivity contribution in [3.8, 4) is 0 Å². The molecule has 1 aromatic heterocycles. The molecular formula is C15H15N3O. The predicted molar refractivity (Wildman–Crippen MR) is 76.7 cm³/mol. The molecule has 0 bridgehead atoms. The molecule has 1 aromatic carbocycles. The van der Waals surface area contributed by atoms with Crippen LogP contribution in [0.1, 0.15) is 19.4 Å². The molecular weight excluding hydrogens is 238 g/mol. The summed E-state index contributed by atoms with van der Waals surface area (Å²) in [5.74, 6) is 0.0874. The van der Waals surface area contributed by atoms with Crippen molar-refractivity contribution < 1.29 is 4.79 Å². The van der Waals surface area contributed by atoms with Crippen LogP contribution in [0.2, 0.25) is 0 Å². The zero-order chi connectivity index (χ0) is 13.4. The molecule has 4 nitrogen and oxygen atoms in total. The lowest BCUT2D eigenvalue weighted by Gasteiger charge is -2.03. The fraction of sp³-hybridized carbons (Fsp3) is 0.200. The van der Waals surface area contributed by atoms with E-state index in [0.717, 1.165) is 22.2 Å². The molecule has 19 heavy (non-hydrogen) atoms. The van der Waals surface area contributed by atoms with Gasteiger partial charge < -0.3 is 4.98 Å². The van der Waals surface area contributed by atoms with Crippen LogP contribution in [0.4, 0.5) is 0 Å². The lowest BCUT2D eigenvalue weighted by atomic mass is 9.98. The minimum absolute atomic E-state index is 0.131. The van der Waals surface area contributed by atoms with Gasteiger partial charge in [-0.3, -0.25) is 4.79 Å². The second-order valence-electron chi connectivity index (χ2n) is 4.94. The molecule has 0 spiro atoms. The molecule has 0 radical (unpaired) electrons. The number of rotatable bonds is 2. The Labute approximate surface area is 111 Å². The third-order valence-electron chi connectivity index (χ3n) is 3.27. The van der Waals surface area contributed by atoms with E-state index in [1.165, 1.54) is 0 Å². The summed E-state index contributed by atoms with van der Waals surface area (Å²) in [6.45, 7) is 4.06. The van der Waals surface area contributed by atoms with Gasteiger partial charge in [0.25, 0.3) is 5.91 Å². The number of H-pyrrole nitrogens is 1. The van der Waals surface area contributed by atoms with Gasteiger partial charge in [0.05, 0.1) is 11.3 Å². The number of nitrogens with one attached hydrogen (secondary N) is 2. The van der Waals surface area contributed by atoms with Gasteiger partial charge in [-0.1, -0.05) is 32.0 Å². The number of carbonyl (C=O) groups is 1. The molecule has 0 unspecified atom stereocenters. The standard InChI is InChI=1S/C15H15N3O/c1-9(2)14-12(15(19)18-17-14)7-10-8-16-13-6-4-3-5-11(10)13/h3-9,16H,1-2H3,(H,18,19)/b12-7-. The highest BCUT2D eigenvalue weighted by atomic mass is 16.2. The quantitative estimate of drug-likeness (QED) is 0.794. The number of para-hydroxylation sites is 1. The molecule has 1 amide bonds. The van der Waals surface area contributed by atoms with Crippen molar-refractivity contribution in [3.63, 3.8) is 0 Å². The van der Waals surface area contributed by atoms with Crippen molar-refractivity contribution in [2.45, 2.75) is 13.8 Å². The van der Waals surface area contributed by atoms with Crippen LogP contribution in [-0.4, -0.2) is 16.6 Å². The van der Waals surface area contributed by atoms with E-state index in [1.807, 2.05) is 50.4 Å². The summed E-state index contributed by atoms with van der Waals surface area (Å²) in [7, 11) is 0. The van der Waals surface area contributed by atoms with E-state index in [4.69, 9.17) is 0 Å². The largest absolute Gasteiger partial charge is 0.361 e. The maximum atomic E-state index is 11.8. The number of nitrogens with zero attached hydrogens (tertiary/aromatic N) is 1. The van der Waals surface area contributed by atoms with E-state index in [-0.39, 0.29) is 11.8 Å². The molecule has 1 aliphatic heterocycles. The van der Waals surface area contributed by atoms with Crippen LogP contribution in [0.15, 0.2) is 41.1 Å². The first-order chi connectivity index (χ1) is 9.16. The first kappa shape index (κ1) is 11.7. The maximum absolute atomic E-state index is 11.8. The van der Waals surface area contributed by atoms with Gasteiger partial charge >= 0.3 is 0 Å². The van der Waals surface area contributed by atoms with Crippen LogP contribution >= 0.6 is 0 Å². The molecule has 2 heterocycles. The summed E-state index contributed by atoms with van der Waals surface area (Å²) in [4.78, 5) is 15.1. The highest BCUT2D eigenvalue weighted by Crippen LogP contribution is 2.23. The first-order valence-corrected chi connectivity index (χ1v) is 6.33. The zero-order valence-electron chi connectivity index (χ0n) is 10.9. The summed E-state index contributed by atoms with van der Waals surface area (Å²) < 4.78 is 0. The highest BCUT2D eigenvalue weighted by molar-refractivity contribution is 6.28. The van der Waals surface area contributed by atoms with E-state index >= 15 is 0 Å². The second kappa shape index (κ2) is 4.39. The van der Waals surface area contributed by atoms with E-state index in [9.17, 15) is 4.79 Å². The number of benzene rings is 1. The van der Waals surface area contributed by atoms with Gasteiger partial charge in [0.2, 0.25) is 0 Å². The fourth-order valence-corrected chi connectivity index (χ4v) is 2.30. The van der Waals surface area contributed by atoms with Crippen LogP contribution in [0.5, 0.6) is 0 Å². The van der Waals surface area contributed by atoms with Crippen molar-refractivity contribution in [3.05, 3.63) is 41.6 Å². The number of hydrogen-bond donors (Lipinski definition) is 2.